The van der Waals surface area contributed by atoms with E-state index in [1.807, 2.05) is 13.0 Å². The van der Waals surface area contributed by atoms with Crippen LogP contribution in [-0.4, -0.2) is 5.78 Å². The van der Waals surface area contributed by atoms with Gasteiger partial charge in [0.2, 0.25) is 0 Å². The van der Waals surface area contributed by atoms with Crippen LogP contribution in [0.3, 0.4) is 0 Å². The second-order valence-corrected chi connectivity index (χ2v) is 6.10. The Kier molecular flexibility index (Phi) is 4.45. The molecule has 0 spiro atoms. The second-order valence-electron chi connectivity index (χ2n) is 5.69. The smallest absolute Gasteiger partial charge is 0.160 e. The van der Waals surface area contributed by atoms with Gasteiger partial charge in [-0.1, -0.05) is 49.9 Å². The number of rotatable bonds is 3. The number of nitriles is 1. The Balaban J connectivity index is 2.35. The number of Topliss-reactive ketones (excluding diaryl/α,β-unsaturated/α-hetero) is 1. The highest BCUT2D eigenvalue weighted by Gasteiger charge is 2.40. The summed E-state index contributed by atoms with van der Waals surface area (Å²) in [5.74, 6) is -1.91. The van der Waals surface area contributed by atoms with E-state index in [9.17, 15) is 14.4 Å². The molecule has 1 unspecified atom stereocenters. The van der Waals surface area contributed by atoms with E-state index in [4.69, 9.17) is 11.6 Å². The molecular formula is C16H17ClFNO. The number of carbonyl (C=O) groups is 1. The Morgan fingerprint density at radius 1 is 1.40 bits per heavy atom. The monoisotopic (exact) mass is 293 g/mol. The molecule has 1 aromatic carbocycles. The molecule has 4 heteroatoms. The maximum absolute atomic E-state index is 14.1. The summed E-state index contributed by atoms with van der Waals surface area (Å²) in [4.78, 5) is 12.7. The quantitative estimate of drug-likeness (QED) is 0.815. The molecule has 20 heavy (non-hydrogen) atoms. The van der Waals surface area contributed by atoms with E-state index in [1.54, 1.807) is 6.07 Å². The lowest BCUT2D eigenvalue weighted by Gasteiger charge is -2.33. The summed E-state index contributed by atoms with van der Waals surface area (Å²) >= 11 is 5.74. The van der Waals surface area contributed by atoms with E-state index in [-0.39, 0.29) is 16.4 Å². The molecule has 1 aliphatic carbocycles. The molecular weight excluding hydrogens is 277 g/mol. The summed E-state index contributed by atoms with van der Waals surface area (Å²) in [6.07, 6.45) is 4.63. The molecule has 1 saturated carbocycles. The van der Waals surface area contributed by atoms with Crippen LogP contribution in [0.25, 0.3) is 0 Å². The van der Waals surface area contributed by atoms with Gasteiger partial charge in [0.25, 0.3) is 0 Å². The SMILES string of the molecule is CC1(C(=O)C(C#N)c2cccc(Cl)c2F)CCCCC1. The average Bonchev–Trinajstić information content (AvgIpc) is 2.45. The molecule has 0 radical (unpaired) electrons. The normalized spacial score (nSPS) is 19.1. The predicted molar refractivity (Wildman–Crippen MR) is 76.0 cm³/mol. The lowest BCUT2D eigenvalue weighted by atomic mass is 9.68. The standard InChI is InChI=1S/C16H17ClFNO/c1-16(8-3-2-4-9-16)15(20)12(10-19)11-6-5-7-13(17)14(11)18/h5-7,12H,2-4,8-9H2,1H3. The summed E-state index contributed by atoms with van der Waals surface area (Å²) in [6, 6.07) is 6.42. The van der Waals surface area contributed by atoms with Crippen LogP contribution in [-0.2, 0) is 4.79 Å². The molecule has 1 fully saturated rings. The van der Waals surface area contributed by atoms with Gasteiger partial charge in [0, 0.05) is 11.0 Å². The molecule has 0 bridgehead atoms. The highest BCUT2D eigenvalue weighted by molar-refractivity contribution is 6.30. The first-order chi connectivity index (χ1) is 9.49. The van der Waals surface area contributed by atoms with Crippen LogP contribution in [0.5, 0.6) is 0 Å². The zero-order chi connectivity index (χ0) is 14.8. The molecule has 0 heterocycles. The van der Waals surface area contributed by atoms with Gasteiger partial charge in [-0.2, -0.15) is 5.26 Å². The van der Waals surface area contributed by atoms with Gasteiger partial charge in [0.05, 0.1) is 11.1 Å². The molecule has 0 N–H and O–H groups in total. The summed E-state index contributed by atoms with van der Waals surface area (Å²) in [6.45, 7) is 1.89. The molecule has 0 aromatic heterocycles. The van der Waals surface area contributed by atoms with Gasteiger partial charge < -0.3 is 0 Å². The van der Waals surface area contributed by atoms with Crippen molar-refractivity contribution in [3.8, 4) is 6.07 Å². The molecule has 1 atom stereocenters. The topological polar surface area (TPSA) is 40.9 Å². The minimum absolute atomic E-state index is 0.0515. The Morgan fingerprint density at radius 3 is 2.65 bits per heavy atom. The number of ketones is 1. The van der Waals surface area contributed by atoms with Crippen LogP contribution in [0.15, 0.2) is 18.2 Å². The lowest BCUT2D eigenvalue weighted by molar-refractivity contribution is -0.130. The summed E-state index contributed by atoms with van der Waals surface area (Å²) < 4.78 is 14.1. The van der Waals surface area contributed by atoms with Gasteiger partial charge in [-0.3, -0.25) is 4.79 Å². The van der Waals surface area contributed by atoms with Crippen molar-refractivity contribution in [2.24, 2.45) is 5.41 Å². The number of benzene rings is 1. The fourth-order valence-corrected chi connectivity index (χ4v) is 3.12. The fraction of sp³-hybridized carbons (Fsp3) is 0.500. The van der Waals surface area contributed by atoms with E-state index in [0.29, 0.717) is 0 Å². The van der Waals surface area contributed by atoms with Crippen LogP contribution in [0.2, 0.25) is 5.02 Å². The first-order valence-electron chi connectivity index (χ1n) is 6.87. The Hall–Kier alpha value is -1.40. The van der Waals surface area contributed by atoms with E-state index < -0.39 is 17.2 Å². The lowest BCUT2D eigenvalue weighted by Crippen LogP contribution is -2.34. The van der Waals surface area contributed by atoms with Crippen molar-refractivity contribution in [2.75, 3.05) is 0 Å². The predicted octanol–water partition coefficient (Wildman–Crippen LogP) is 4.63. The minimum atomic E-state index is -1.07. The molecule has 106 valence electrons. The third kappa shape index (κ3) is 2.71. The molecule has 2 nitrogen and oxygen atoms in total. The van der Waals surface area contributed by atoms with Crippen molar-refractivity contribution in [3.05, 3.63) is 34.6 Å². The summed E-state index contributed by atoms with van der Waals surface area (Å²) in [5.41, 5.74) is -0.426. The maximum atomic E-state index is 14.1. The van der Waals surface area contributed by atoms with Gasteiger partial charge in [0.15, 0.2) is 5.78 Å². The van der Waals surface area contributed by atoms with Gasteiger partial charge in [-0.25, -0.2) is 4.39 Å². The largest absolute Gasteiger partial charge is 0.297 e. The average molecular weight is 294 g/mol. The number of carbonyl (C=O) groups excluding carboxylic acids is 1. The Bertz CT molecular complexity index is 558. The molecule has 1 aromatic rings. The van der Waals surface area contributed by atoms with Crippen molar-refractivity contribution in [2.45, 2.75) is 44.9 Å². The van der Waals surface area contributed by atoms with Crippen LogP contribution in [0.1, 0.15) is 50.5 Å². The summed E-state index contributed by atoms with van der Waals surface area (Å²) in [5, 5.41) is 9.28. The van der Waals surface area contributed by atoms with Crippen LogP contribution in [0, 0.1) is 22.6 Å². The molecule has 2 rings (SSSR count). The maximum Gasteiger partial charge on any atom is 0.160 e. The van der Waals surface area contributed by atoms with Crippen LogP contribution < -0.4 is 0 Å². The highest BCUT2D eigenvalue weighted by Crippen LogP contribution is 2.41. The van der Waals surface area contributed by atoms with Crippen molar-refractivity contribution in [1.82, 2.24) is 0 Å². The zero-order valence-electron chi connectivity index (χ0n) is 11.5. The third-order valence-corrected chi connectivity index (χ3v) is 4.53. The molecule has 1 aliphatic rings. The number of halogens is 2. The first kappa shape index (κ1) is 15.0. The third-order valence-electron chi connectivity index (χ3n) is 4.24. The van der Waals surface area contributed by atoms with E-state index in [1.165, 1.54) is 12.1 Å². The van der Waals surface area contributed by atoms with Crippen molar-refractivity contribution in [1.29, 1.82) is 5.26 Å². The first-order valence-corrected chi connectivity index (χ1v) is 7.25. The molecule has 0 saturated heterocycles. The number of hydrogen-bond acceptors (Lipinski definition) is 2. The zero-order valence-corrected chi connectivity index (χ0v) is 12.2. The Labute approximate surface area is 123 Å². The molecule has 0 aliphatic heterocycles. The number of hydrogen-bond donors (Lipinski definition) is 0. The van der Waals surface area contributed by atoms with Crippen LogP contribution in [0.4, 0.5) is 4.39 Å². The van der Waals surface area contributed by atoms with E-state index >= 15 is 0 Å². The van der Waals surface area contributed by atoms with Crippen LogP contribution >= 0.6 is 11.6 Å². The van der Waals surface area contributed by atoms with E-state index in [2.05, 4.69) is 0 Å². The fourth-order valence-electron chi connectivity index (χ4n) is 2.94. The van der Waals surface area contributed by atoms with Gasteiger partial charge in [-0.15, -0.1) is 0 Å². The van der Waals surface area contributed by atoms with Gasteiger partial charge in [0.1, 0.15) is 11.7 Å². The van der Waals surface area contributed by atoms with Crippen molar-refractivity contribution >= 4 is 17.4 Å². The van der Waals surface area contributed by atoms with Crippen molar-refractivity contribution in [3.63, 3.8) is 0 Å². The van der Waals surface area contributed by atoms with Gasteiger partial charge >= 0.3 is 0 Å². The van der Waals surface area contributed by atoms with E-state index in [0.717, 1.165) is 32.1 Å². The highest BCUT2D eigenvalue weighted by atomic mass is 35.5. The minimum Gasteiger partial charge on any atom is -0.297 e. The van der Waals surface area contributed by atoms with Crippen molar-refractivity contribution < 1.29 is 9.18 Å². The Morgan fingerprint density at radius 2 is 2.05 bits per heavy atom. The number of nitrogens with zero attached hydrogens (tertiary/aromatic N) is 1. The summed E-state index contributed by atoms with van der Waals surface area (Å²) in [7, 11) is 0. The second kappa shape index (κ2) is 5.93. The van der Waals surface area contributed by atoms with Gasteiger partial charge in [-0.05, 0) is 18.9 Å². The molecule has 0 amide bonds.